The Morgan fingerprint density at radius 1 is 1.39 bits per heavy atom. The van der Waals surface area contributed by atoms with Gasteiger partial charge in [-0.2, -0.15) is 0 Å². The number of hydrogen-bond donors (Lipinski definition) is 1. The maximum absolute atomic E-state index is 13.1. The van der Waals surface area contributed by atoms with Crippen molar-refractivity contribution in [1.82, 2.24) is 9.80 Å². The Morgan fingerprint density at radius 3 is 2.75 bits per heavy atom. The number of carboxylic acid groups (broad SMARTS) is 1. The van der Waals surface area contributed by atoms with Gasteiger partial charge >= 0.3 is 5.97 Å². The van der Waals surface area contributed by atoms with Crippen molar-refractivity contribution in [3.63, 3.8) is 0 Å². The predicted octanol–water partition coefficient (Wildman–Crippen LogP) is 1.29. The summed E-state index contributed by atoms with van der Waals surface area (Å²) in [5.74, 6) is 0.0667. The van der Waals surface area contributed by atoms with Gasteiger partial charge in [0.25, 0.3) is 5.91 Å². The number of carboxylic acids is 1. The number of benzene rings is 1. The zero-order valence-electron chi connectivity index (χ0n) is 16.6. The Hall–Kier alpha value is -2.58. The van der Waals surface area contributed by atoms with Gasteiger partial charge in [-0.1, -0.05) is 6.08 Å². The molecule has 0 aliphatic carbocycles. The highest BCUT2D eigenvalue weighted by Gasteiger charge is 2.27. The second-order valence-corrected chi connectivity index (χ2v) is 6.70. The first kappa shape index (κ1) is 21.7. The van der Waals surface area contributed by atoms with Crippen LogP contribution < -0.4 is 9.47 Å². The van der Waals surface area contributed by atoms with Crippen LogP contribution in [-0.4, -0.2) is 86.9 Å². The third-order valence-corrected chi connectivity index (χ3v) is 4.51. The van der Waals surface area contributed by atoms with Gasteiger partial charge < -0.3 is 24.2 Å². The topological polar surface area (TPSA) is 88.5 Å². The van der Waals surface area contributed by atoms with Crippen LogP contribution in [0.15, 0.2) is 24.8 Å². The van der Waals surface area contributed by atoms with E-state index >= 15 is 0 Å². The summed E-state index contributed by atoms with van der Waals surface area (Å²) in [5.41, 5.74) is 1.33. The van der Waals surface area contributed by atoms with E-state index in [0.29, 0.717) is 49.7 Å². The van der Waals surface area contributed by atoms with Crippen LogP contribution in [0.1, 0.15) is 15.9 Å². The third-order valence-electron chi connectivity index (χ3n) is 4.51. The second kappa shape index (κ2) is 10.1. The zero-order chi connectivity index (χ0) is 20.7. The number of methoxy groups -OCH3 is 2. The van der Waals surface area contributed by atoms with Crippen molar-refractivity contribution in [2.75, 3.05) is 54.1 Å². The maximum atomic E-state index is 13.1. The summed E-state index contributed by atoms with van der Waals surface area (Å²) in [7, 11) is 4.81. The van der Waals surface area contributed by atoms with Gasteiger partial charge in [-0.15, -0.1) is 6.58 Å². The summed E-state index contributed by atoms with van der Waals surface area (Å²) < 4.78 is 16.5. The maximum Gasteiger partial charge on any atom is 0.317 e. The molecule has 0 bridgehead atoms. The molecule has 8 heteroatoms. The molecule has 1 unspecified atom stereocenters. The second-order valence-electron chi connectivity index (χ2n) is 6.70. The first-order valence-corrected chi connectivity index (χ1v) is 9.06. The number of ether oxygens (including phenoxy) is 3. The third kappa shape index (κ3) is 5.46. The summed E-state index contributed by atoms with van der Waals surface area (Å²) in [4.78, 5) is 27.3. The molecule has 1 atom stereocenters. The highest BCUT2D eigenvalue weighted by molar-refractivity contribution is 5.95. The molecule has 2 rings (SSSR count). The monoisotopic (exact) mass is 392 g/mol. The summed E-state index contributed by atoms with van der Waals surface area (Å²) >= 11 is 0. The Bertz CT molecular complexity index is 721. The van der Waals surface area contributed by atoms with Crippen molar-refractivity contribution in [3.05, 3.63) is 35.9 Å². The largest absolute Gasteiger partial charge is 0.493 e. The van der Waals surface area contributed by atoms with Crippen LogP contribution in [0.2, 0.25) is 0 Å². The summed E-state index contributed by atoms with van der Waals surface area (Å²) in [6.45, 7) is 5.39. The van der Waals surface area contributed by atoms with E-state index in [9.17, 15) is 9.59 Å². The molecule has 1 aromatic rings. The lowest BCUT2D eigenvalue weighted by Gasteiger charge is -2.34. The van der Waals surface area contributed by atoms with Gasteiger partial charge in [0.2, 0.25) is 0 Å². The lowest BCUT2D eigenvalue weighted by molar-refractivity contribution is -0.138. The van der Waals surface area contributed by atoms with Gasteiger partial charge in [0.15, 0.2) is 11.5 Å². The zero-order valence-corrected chi connectivity index (χ0v) is 16.6. The molecule has 1 heterocycles. The van der Waals surface area contributed by atoms with Crippen molar-refractivity contribution < 1.29 is 28.9 Å². The van der Waals surface area contributed by atoms with Gasteiger partial charge in [0.05, 0.1) is 33.5 Å². The minimum absolute atomic E-state index is 0.0750. The molecule has 1 aliphatic rings. The molecule has 1 aliphatic heterocycles. The number of amides is 1. The predicted molar refractivity (Wildman–Crippen MR) is 104 cm³/mol. The Morgan fingerprint density at radius 2 is 2.14 bits per heavy atom. The molecule has 0 saturated carbocycles. The van der Waals surface area contributed by atoms with Crippen molar-refractivity contribution in [2.45, 2.75) is 12.5 Å². The summed E-state index contributed by atoms with van der Waals surface area (Å²) in [5, 5.41) is 8.89. The van der Waals surface area contributed by atoms with Gasteiger partial charge in [-0.3, -0.25) is 14.5 Å². The molecule has 1 fully saturated rings. The smallest absolute Gasteiger partial charge is 0.317 e. The number of carbonyl (C=O) groups excluding carboxylic acids is 1. The highest BCUT2D eigenvalue weighted by atomic mass is 16.5. The van der Waals surface area contributed by atoms with Gasteiger partial charge in [0.1, 0.15) is 0 Å². The quantitative estimate of drug-likeness (QED) is 0.634. The molecular weight excluding hydrogens is 364 g/mol. The average molecular weight is 392 g/mol. The summed E-state index contributed by atoms with van der Waals surface area (Å²) in [6.07, 6.45) is 2.05. The Balaban J connectivity index is 2.16. The minimum atomic E-state index is -0.897. The normalized spacial score (nSPS) is 16.7. The fourth-order valence-electron chi connectivity index (χ4n) is 3.31. The molecule has 0 radical (unpaired) electrons. The van der Waals surface area contributed by atoms with E-state index in [1.165, 1.54) is 7.11 Å². The van der Waals surface area contributed by atoms with Crippen molar-refractivity contribution in [1.29, 1.82) is 0 Å². The van der Waals surface area contributed by atoms with Gasteiger partial charge in [-0.05, 0) is 25.6 Å². The lowest BCUT2D eigenvalue weighted by Crippen LogP contribution is -2.49. The molecule has 1 amide bonds. The highest BCUT2D eigenvalue weighted by Crippen LogP contribution is 2.33. The van der Waals surface area contributed by atoms with Gasteiger partial charge in [0, 0.05) is 30.8 Å². The molecule has 154 valence electrons. The molecule has 1 aromatic carbocycles. The van der Waals surface area contributed by atoms with E-state index in [-0.39, 0.29) is 18.6 Å². The van der Waals surface area contributed by atoms with E-state index in [2.05, 4.69) is 6.58 Å². The van der Waals surface area contributed by atoms with Crippen LogP contribution in [0.4, 0.5) is 0 Å². The van der Waals surface area contributed by atoms with E-state index in [1.807, 2.05) is 0 Å². The Labute approximate surface area is 165 Å². The number of nitrogens with zero attached hydrogens (tertiary/aromatic N) is 2. The van der Waals surface area contributed by atoms with Crippen LogP contribution in [0.3, 0.4) is 0 Å². The minimum Gasteiger partial charge on any atom is -0.493 e. The number of aliphatic carboxylic acids is 1. The van der Waals surface area contributed by atoms with Crippen molar-refractivity contribution in [3.8, 4) is 11.5 Å². The number of rotatable bonds is 9. The molecular formula is C20H28N2O6. The first-order chi connectivity index (χ1) is 13.4. The van der Waals surface area contributed by atoms with Crippen LogP contribution in [0.25, 0.3) is 0 Å². The van der Waals surface area contributed by atoms with E-state index < -0.39 is 5.97 Å². The molecule has 8 nitrogen and oxygen atoms in total. The molecule has 1 saturated heterocycles. The standard InChI is InChI=1S/C20H28N2O6/c1-5-6-14-9-15(10-17(26-3)19(14)27-4)20(25)22-7-8-28-16(12-22)11-21(2)13-18(23)24/h5,9-10,16H,1,6-8,11-13H2,2-4H3,(H,23,24). The molecule has 0 spiro atoms. The number of allylic oxidation sites excluding steroid dienone is 1. The van der Waals surface area contributed by atoms with Crippen molar-refractivity contribution >= 4 is 11.9 Å². The number of likely N-dealkylation sites (N-methyl/N-ethyl adjacent to an activating group) is 1. The fourth-order valence-corrected chi connectivity index (χ4v) is 3.31. The summed E-state index contributed by atoms with van der Waals surface area (Å²) in [6, 6.07) is 3.47. The first-order valence-electron chi connectivity index (χ1n) is 9.06. The van der Waals surface area contributed by atoms with E-state index in [1.54, 1.807) is 42.2 Å². The van der Waals surface area contributed by atoms with Crippen molar-refractivity contribution in [2.24, 2.45) is 0 Å². The molecule has 28 heavy (non-hydrogen) atoms. The van der Waals surface area contributed by atoms with Crippen LogP contribution >= 0.6 is 0 Å². The Kier molecular flexibility index (Phi) is 7.83. The SMILES string of the molecule is C=CCc1cc(C(=O)N2CCOC(CN(C)CC(=O)O)C2)cc(OC)c1OC. The number of hydrogen-bond acceptors (Lipinski definition) is 6. The van der Waals surface area contributed by atoms with Crippen LogP contribution in [-0.2, 0) is 16.0 Å². The number of carbonyl (C=O) groups is 2. The average Bonchev–Trinajstić information content (AvgIpc) is 2.66. The van der Waals surface area contributed by atoms with Gasteiger partial charge in [-0.25, -0.2) is 0 Å². The van der Waals surface area contributed by atoms with E-state index in [4.69, 9.17) is 19.3 Å². The van der Waals surface area contributed by atoms with Crippen LogP contribution in [0.5, 0.6) is 11.5 Å². The molecule has 0 aromatic heterocycles. The van der Waals surface area contributed by atoms with E-state index in [0.717, 1.165) is 5.56 Å². The fraction of sp³-hybridized carbons (Fsp3) is 0.500. The number of morpholine rings is 1. The lowest BCUT2D eigenvalue weighted by atomic mass is 10.0. The molecule has 1 N–H and O–H groups in total. The van der Waals surface area contributed by atoms with Crippen LogP contribution in [0, 0.1) is 0 Å².